The number of aryl methyl sites for hydroxylation is 1. The van der Waals surface area contributed by atoms with Gasteiger partial charge in [0.1, 0.15) is 10.8 Å². The Labute approximate surface area is 196 Å². The van der Waals surface area contributed by atoms with Gasteiger partial charge in [0.25, 0.3) is 5.91 Å². The van der Waals surface area contributed by atoms with Crippen LogP contribution in [-0.4, -0.2) is 43.4 Å². The number of amides is 1. The maximum Gasteiger partial charge on any atom is 0.441 e. The summed E-state index contributed by atoms with van der Waals surface area (Å²) in [7, 11) is 1.09. The predicted octanol–water partition coefficient (Wildman–Crippen LogP) is 4.22. The first-order chi connectivity index (χ1) is 16.0. The van der Waals surface area contributed by atoms with Crippen molar-refractivity contribution in [2.75, 3.05) is 19.0 Å². The number of alkyl halides is 3. The molecule has 0 bridgehead atoms. The van der Waals surface area contributed by atoms with Crippen LogP contribution < -0.4 is 10.6 Å². The van der Waals surface area contributed by atoms with Crippen molar-refractivity contribution in [1.29, 1.82) is 0 Å². The average molecular weight is 502 g/mol. The minimum atomic E-state index is -5.42. The summed E-state index contributed by atoms with van der Waals surface area (Å²) >= 11 is 0.878. The van der Waals surface area contributed by atoms with E-state index in [0.717, 1.165) is 55.6 Å². The molecule has 2 N–H and O–H groups in total. The second kappa shape index (κ2) is 10.00. The molecule has 184 valence electrons. The number of methoxy groups -OCH3 is 1. The van der Waals surface area contributed by atoms with Crippen LogP contribution in [0.4, 0.5) is 22.6 Å². The Morgan fingerprint density at radius 2 is 1.85 bits per heavy atom. The van der Waals surface area contributed by atoms with E-state index in [1.165, 1.54) is 6.92 Å². The largest absolute Gasteiger partial charge is 0.465 e. The highest BCUT2D eigenvalue weighted by Gasteiger charge is 2.64. The zero-order valence-electron chi connectivity index (χ0n) is 18.3. The van der Waals surface area contributed by atoms with Gasteiger partial charge >= 0.3 is 23.8 Å². The molecule has 1 amide bonds. The molecule has 0 unspecified atom stereocenters. The lowest BCUT2D eigenvalue weighted by Gasteiger charge is -2.35. The van der Waals surface area contributed by atoms with E-state index in [2.05, 4.69) is 10.1 Å². The van der Waals surface area contributed by atoms with Crippen molar-refractivity contribution in [1.82, 2.24) is 5.32 Å². The number of hydrogen-bond acceptors (Lipinski definition) is 7. The Morgan fingerprint density at radius 1 is 1.15 bits per heavy atom. The molecule has 0 fully saturated rings. The SMILES string of the molecule is CCOC(=O)[C@](NC(=O)c1cccc(F)c1)(Nc1sc2c(c1C(=O)OC)CCCC2)C(F)(F)F. The quantitative estimate of drug-likeness (QED) is 0.335. The molecule has 0 spiro atoms. The Hall–Kier alpha value is -3.15. The summed E-state index contributed by atoms with van der Waals surface area (Å²) in [6.07, 6.45) is -2.91. The second-order valence-electron chi connectivity index (χ2n) is 7.46. The number of ether oxygens (including phenoxy) is 2. The fourth-order valence-electron chi connectivity index (χ4n) is 3.64. The molecule has 0 saturated carbocycles. The third-order valence-corrected chi connectivity index (χ3v) is 6.46. The van der Waals surface area contributed by atoms with Crippen molar-refractivity contribution < 1.29 is 41.4 Å². The van der Waals surface area contributed by atoms with E-state index >= 15 is 0 Å². The molecule has 12 heteroatoms. The zero-order valence-corrected chi connectivity index (χ0v) is 19.1. The number of esters is 2. The Bertz CT molecular complexity index is 1100. The van der Waals surface area contributed by atoms with E-state index in [1.54, 1.807) is 5.32 Å². The number of carbonyl (C=O) groups is 3. The van der Waals surface area contributed by atoms with Gasteiger partial charge in [0.05, 0.1) is 19.3 Å². The molecule has 1 atom stereocenters. The van der Waals surface area contributed by atoms with Gasteiger partial charge in [-0.1, -0.05) is 6.07 Å². The van der Waals surface area contributed by atoms with Gasteiger partial charge in [0.2, 0.25) is 0 Å². The summed E-state index contributed by atoms with van der Waals surface area (Å²) < 4.78 is 66.6. The van der Waals surface area contributed by atoms with Gasteiger partial charge in [-0.25, -0.2) is 14.0 Å². The molecular formula is C22H22F4N2O5S. The highest BCUT2D eigenvalue weighted by atomic mass is 32.1. The number of fused-ring (bicyclic) bond motifs is 1. The van der Waals surface area contributed by atoms with Crippen molar-refractivity contribution >= 4 is 34.2 Å². The molecule has 1 aliphatic carbocycles. The van der Waals surface area contributed by atoms with E-state index < -0.39 is 47.7 Å². The number of hydrogen-bond donors (Lipinski definition) is 2. The maximum atomic E-state index is 14.5. The van der Waals surface area contributed by atoms with Gasteiger partial charge < -0.3 is 20.1 Å². The van der Waals surface area contributed by atoms with Crippen molar-refractivity contribution in [3.05, 3.63) is 51.7 Å². The Balaban J connectivity index is 2.14. The van der Waals surface area contributed by atoms with Crippen molar-refractivity contribution in [3.63, 3.8) is 0 Å². The summed E-state index contributed by atoms with van der Waals surface area (Å²) in [6, 6.07) is 3.97. The monoisotopic (exact) mass is 502 g/mol. The van der Waals surface area contributed by atoms with Gasteiger partial charge in [-0.2, -0.15) is 13.2 Å². The normalized spacial score (nSPS) is 15.0. The predicted molar refractivity (Wildman–Crippen MR) is 115 cm³/mol. The summed E-state index contributed by atoms with van der Waals surface area (Å²) in [5.74, 6) is -4.95. The van der Waals surface area contributed by atoms with Crippen LogP contribution in [0.1, 0.15) is 50.9 Å². The number of halogens is 4. The third kappa shape index (κ3) is 4.86. The van der Waals surface area contributed by atoms with Crippen molar-refractivity contribution in [3.8, 4) is 0 Å². The Kier molecular flexibility index (Phi) is 7.49. The lowest BCUT2D eigenvalue weighted by molar-refractivity contribution is -0.204. The van der Waals surface area contributed by atoms with Crippen molar-refractivity contribution in [2.24, 2.45) is 0 Å². The molecule has 7 nitrogen and oxygen atoms in total. The zero-order chi connectivity index (χ0) is 25.1. The van der Waals surface area contributed by atoms with Gasteiger partial charge in [-0.3, -0.25) is 4.79 Å². The van der Waals surface area contributed by atoms with E-state index in [9.17, 15) is 31.9 Å². The number of carbonyl (C=O) groups excluding carboxylic acids is 3. The lowest BCUT2D eigenvalue weighted by Crippen LogP contribution is -2.69. The first-order valence-corrected chi connectivity index (χ1v) is 11.2. The van der Waals surface area contributed by atoms with E-state index in [1.807, 2.05) is 0 Å². The molecular weight excluding hydrogens is 480 g/mol. The van der Waals surface area contributed by atoms with Crippen LogP contribution in [0.2, 0.25) is 0 Å². The molecule has 0 saturated heterocycles. The summed E-state index contributed by atoms with van der Waals surface area (Å²) in [5, 5.41) is 3.43. The molecule has 2 aromatic rings. The molecule has 34 heavy (non-hydrogen) atoms. The van der Waals surface area contributed by atoms with Crippen LogP contribution in [0, 0.1) is 5.82 Å². The molecule has 0 aliphatic heterocycles. The van der Waals surface area contributed by atoms with Gasteiger partial charge in [0.15, 0.2) is 0 Å². The molecule has 1 aromatic heterocycles. The minimum Gasteiger partial charge on any atom is -0.465 e. The molecule has 0 radical (unpaired) electrons. The van der Waals surface area contributed by atoms with E-state index in [0.29, 0.717) is 23.3 Å². The topological polar surface area (TPSA) is 93.7 Å². The fourth-order valence-corrected chi connectivity index (χ4v) is 4.98. The van der Waals surface area contributed by atoms with Crippen LogP contribution >= 0.6 is 11.3 Å². The number of rotatable bonds is 7. The molecule has 1 heterocycles. The average Bonchev–Trinajstić information content (AvgIpc) is 3.15. The van der Waals surface area contributed by atoms with Gasteiger partial charge in [0, 0.05) is 10.4 Å². The standard InChI is InChI=1S/C22H22F4N2O5S/c1-3-33-20(31)21(22(24,25)26,27-17(29)12-7-6-8-13(23)11-12)28-18-16(19(30)32-2)14-9-4-5-10-15(14)34-18/h6-8,11,28H,3-5,9-10H2,1-2H3,(H,27,29)/t21-/m0/s1. The van der Waals surface area contributed by atoms with Crippen LogP contribution in [0.25, 0.3) is 0 Å². The fraction of sp³-hybridized carbons (Fsp3) is 0.409. The first-order valence-electron chi connectivity index (χ1n) is 10.4. The Morgan fingerprint density at radius 3 is 2.47 bits per heavy atom. The summed E-state index contributed by atoms with van der Waals surface area (Å²) in [5.41, 5.74) is -3.79. The molecule has 3 rings (SSSR count). The number of thiophene rings is 1. The van der Waals surface area contributed by atoms with E-state index in [-0.39, 0.29) is 10.6 Å². The molecule has 1 aliphatic rings. The lowest BCUT2D eigenvalue weighted by atomic mass is 9.95. The second-order valence-corrected chi connectivity index (χ2v) is 8.57. The summed E-state index contributed by atoms with van der Waals surface area (Å²) in [4.78, 5) is 38.6. The number of benzene rings is 1. The smallest absolute Gasteiger partial charge is 0.441 e. The van der Waals surface area contributed by atoms with Gasteiger partial charge in [-0.15, -0.1) is 11.3 Å². The third-order valence-electron chi connectivity index (χ3n) is 5.26. The van der Waals surface area contributed by atoms with Crippen LogP contribution in [0.15, 0.2) is 24.3 Å². The van der Waals surface area contributed by atoms with Crippen molar-refractivity contribution in [2.45, 2.75) is 44.4 Å². The number of anilines is 1. The highest BCUT2D eigenvalue weighted by molar-refractivity contribution is 7.16. The minimum absolute atomic E-state index is 0.125. The highest BCUT2D eigenvalue weighted by Crippen LogP contribution is 2.42. The van der Waals surface area contributed by atoms with E-state index in [4.69, 9.17) is 4.74 Å². The van der Waals surface area contributed by atoms with Gasteiger partial charge in [-0.05, 0) is 56.4 Å². The first kappa shape index (κ1) is 25.5. The maximum absolute atomic E-state index is 14.5. The molecule has 1 aromatic carbocycles. The van der Waals surface area contributed by atoms with Crippen LogP contribution in [-0.2, 0) is 27.1 Å². The summed E-state index contributed by atoms with van der Waals surface area (Å²) in [6.45, 7) is 0.885. The number of nitrogens with one attached hydrogen (secondary N) is 2. The van der Waals surface area contributed by atoms with Crippen LogP contribution in [0.3, 0.4) is 0 Å². The van der Waals surface area contributed by atoms with Crippen LogP contribution in [0.5, 0.6) is 0 Å².